The van der Waals surface area contributed by atoms with E-state index in [1.807, 2.05) is 6.92 Å². The number of amides is 1. The Balaban J connectivity index is 2.74. The number of hydrogen-bond donors (Lipinski definition) is 4. The average Bonchev–Trinajstić information content (AvgIpc) is 2.31. The summed E-state index contributed by atoms with van der Waals surface area (Å²) in [6.45, 7) is 1.91. The zero-order chi connectivity index (χ0) is 13.7. The first kappa shape index (κ1) is 14.2. The highest BCUT2D eigenvalue weighted by molar-refractivity contribution is 7.80. The molecule has 0 saturated carbocycles. The molecule has 0 aromatic heterocycles. The van der Waals surface area contributed by atoms with E-state index in [0.29, 0.717) is 17.8 Å². The molecule has 0 aliphatic rings. The van der Waals surface area contributed by atoms with Gasteiger partial charge in [-0.3, -0.25) is 4.79 Å². The number of benzene rings is 1. The molecule has 1 aromatic carbocycles. The van der Waals surface area contributed by atoms with Crippen molar-refractivity contribution >= 4 is 23.1 Å². The van der Waals surface area contributed by atoms with Gasteiger partial charge in [-0.25, -0.2) is 0 Å². The molecule has 1 rings (SSSR count). The molecule has 0 radical (unpaired) electrons. The molecule has 0 spiro atoms. The van der Waals surface area contributed by atoms with Gasteiger partial charge < -0.3 is 21.3 Å². The number of carbonyl (C=O) groups is 1. The summed E-state index contributed by atoms with van der Waals surface area (Å²) in [5.74, 6) is -0.930. The number of rotatable bonds is 5. The van der Waals surface area contributed by atoms with Gasteiger partial charge in [0, 0.05) is 18.0 Å². The first-order valence-corrected chi connectivity index (χ1v) is 5.96. The third-order valence-electron chi connectivity index (χ3n) is 2.51. The van der Waals surface area contributed by atoms with Crippen LogP contribution in [0.4, 0.5) is 0 Å². The van der Waals surface area contributed by atoms with Gasteiger partial charge in [-0.1, -0.05) is 19.1 Å². The van der Waals surface area contributed by atoms with Gasteiger partial charge in [0.2, 0.25) is 0 Å². The van der Waals surface area contributed by atoms with Crippen molar-refractivity contribution in [1.29, 1.82) is 0 Å². The van der Waals surface area contributed by atoms with Gasteiger partial charge in [0.1, 0.15) is 0 Å². The molecule has 0 heterocycles. The Morgan fingerprint density at radius 3 is 2.61 bits per heavy atom. The van der Waals surface area contributed by atoms with Crippen LogP contribution in [0.15, 0.2) is 18.2 Å². The standard InChI is InChI=1S/C12H16N2O3S/c1-2-8(6-11(13)18)14-12(17)7-3-4-9(15)10(16)5-7/h3-5,8,15-16H,2,6H2,1H3,(H2,13,18)(H,14,17). The molecule has 0 bridgehead atoms. The van der Waals surface area contributed by atoms with Gasteiger partial charge in [-0.2, -0.15) is 0 Å². The third kappa shape index (κ3) is 3.89. The molecule has 0 saturated heterocycles. The Bertz CT molecular complexity index is 463. The lowest BCUT2D eigenvalue weighted by atomic mass is 10.1. The molecule has 5 nitrogen and oxygen atoms in total. The topological polar surface area (TPSA) is 95.6 Å². The van der Waals surface area contributed by atoms with Crippen LogP contribution in [0.3, 0.4) is 0 Å². The van der Waals surface area contributed by atoms with E-state index >= 15 is 0 Å². The lowest BCUT2D eigenvalue weighted by Gasteiger charge is -2.16. The number of nitrogens with two attached hydrogens (primary N) is 1. The molecule has 0 aliphatic carbocycles. The lowest BCUT2D eigenvalue weighted by Crippen LogP contribution is -2.37. The first-order chi connectivity index (χ1) is 8.43. The van der Waals surface area contributed by atoms with Crippen molar-refractivity contribution in [1.82, 2.24) is 5.32 Å². The van der Waals surface area contributed by atoms with Crippen LogP contribution >= 0.6 is 12.2 Å². The van der Waals surface area contributed by atoms with Crippen molar-refractivity contribution in [3.63, 3.8) is 0 Å². The average molecular weight is 268 g/mol. The van der Waals surface area contributed by atoms with E-state index in [9.17, 15) is 9.90 Å². The van der Waals surface area contributed by atoms with Crippen LogP contribution in [0.1, 0.15) is 30.1 Å². The fourth-order valence-electron chi connectivity index (χ4n) is 1.47. The Hall–Kier alpha value is -1.82. The van der Waals surface area contributed by atoms with Crippen molar-refractivity contribution in [2.24, 2.45) is 5.73 Å². The van der Waals surface area contributed by atoms with Crippen LogP contribution in [-0.4, -0.2) is 27.2 Å². The summed E-state index contributed by atoms with van der Waals surface area (Å²) < 4.78 is 0. The summed E-state index contributed by atoms with van der Waals surface area (Å²) in [7, 11) is 0. The zero-order valence-electron chi connectivity index (χ0n) is 10.0. The van der Waals surface area contributed by atoms with Crippen LogP contribution in [0, 0.1) is 0 Å². The molecule has 98 valence electrons. The predicted octanol–water partition coefficient (Wildman–Crippen LogP) is 1.28. The zero-order valence-corrected chi connectivity index (χ0v) is 10.8. The quantitative estimate of drug-likeness (QED) is 0.476. The van der Waals surface area contributed by atoms with Crippen LogP contribution in [0.5, 0.6) is 11.5 Å². The summed E-state index contributed by atoms with van der Waals surface area (Å²) in [4.78, 5) is 12.2. The Morgan fingerprint density at radius 2 is 2.11 bits per heavy atom. The summed E-state index contributed by atoms with van der Waals surface area (Å²) in [5.41, 5.74) is 5.70. The first-order valence-electron chi connectivity index (χ1n) is 5.55. The SMILES string of the molecule is CCC(CC(N)=S)NC(=O)c1ccc(O)c(O)c1. The number of carbonyl (C=O) groups excluding carboxylic acids is 1. The fraction of sp³-hybridized carbons (Fsp3) is 0.333. The van der Waals surface area contributed by atoms with Crippen molar-refractivity contribution < 1.29 is 15.0 Å². The van der Waals surface area contributed by atoms with E-state index in [2.05, 4.69) is 5.32 Å². The monoisotopic (exact) mass is 268 g/mol. The predicted molar refractivity (Wildman–Crippen MR) is 72.7 cm³/mol. The third-order valence-corrected chi connectivity index (χ3v) is 2.68. The van der Waals surface area contributed by atoms with Crippen molar-refractivity contribution in [2.45, 2.75) is 25.8 Å². The van der Waals surface area contributed by atoms with Crippen molar-refractivity contribution in [2.75, 3.05) is 0 Å². The van der Waals surface area contributed by atoms with E-state index in [-0.39, 0.29) is 29.0 Å². The molecule has 1 unspecified atom stereocenters. The fourth-order valence-corrected chi connectivity index (χ4v) is 1.67. The van der Waals surface area contributed by atoms with Crippen molar-refractivity contribution in [3.05, 3.63) is 23.8 Å². The highest BCUT2D eigenvalue weighted by Gasteiger charge is 2.14. The Kier molecular flexibility index (Phi) is 4.91. The van der Waals surface area contributed by atoms with E-state index < -0.39 is 0 Å². The van der Waals surface area contributed by atoms with Crippen LogP contribution in [-0.2, 0) is 0 Å². The van der Waals surface area contributed by atoms with E-state index in [0.717, 1.165) is 0 Å². The van der Waals surface area contributed by atoms with Crippen molar-refractivity contribution in [3.8, 4) is 11.5 Å². The summed E-state index contributed by atoms with van der Waals surface area (Å²) in [6.07, 6.45) is 1.13. The van der Waals surface area contributed by atoms with Crippen LogP contribution in [0.25, 0.3) is 0 Å². The molecule has 6 heteroatoms. The van der Waals surface area contributed by atoms with Gasteiger partial charge in [-0.15, -0.1) is 0 Å². The number of aromatic hydroxyl groups is 2. The Labute approximate surface area is 111 Å². The minimum atomic E-state index is -0.339. The normalized spacial score (nSPS) is 11.8. The Morgan fingerprint density at radius 1 is 1.44 bits per heavy atom. The largest absolute Gasteiger partial charge is 0.504 e. The highest BCUT2D eigenvalue weighted by Crippen LogP contribution is 2.24. The van der Waals surface area contributed by atoms with Gasteiger partial charge >= 0.3 is 0 Å². The van der Waals surface area contributed by atoms with E-state index in [4.69, 9.17) is 23.1 Å². The molecule has 1 aromatic rings. The van der Waals surface area contributed by atoms with E-state index in [1.54, 1.807) is 0 Å². The van der Waals surface area contributed by atoms with Crippen LogP contribution < -0.4 is 11.1 Å². The second-order valence-corrected chi connectivity index (χ2v) is 4.48. The second-order valence-electron chi connectivity index (χ2n) is 3.95. The lowest BCUT2D eigenvalue weighted by molar-refractivity contribution is 0.0937. The van der Waals surface area contributed by atoms with Gasteiger partial charge in [-0.05, 0) is 24.6 Å². The summed E-state index contributed by atoms with van der Waals surface area (Å²) >= 11 is 4.80. The number of phenols is 2. The maximum atomic E-state index is 11.9. The summed E-state index contributed by atoms with van der Waals surface area (Å²) in [6, 6.07) is 3.76. The molecule has 1 amide bonds. The molecule has 18 heavy (non-hydrogen) atoms. The molecule has 0 aliphatic heterocycles. The number of phenolic OH excluding ortho intramolecular Hbond substituents is 2. The maximum absolute atomic E-state index is 11.9. The molecule has 5 N–H and O–H groups in total. The molecule has 0 fully saturated rings. The molecular weight excluding hydrogens is 252 g/mol. The van der Waals surface area contributed by atoms with Crippen LogP contribution in [0.2, 0.25) is 0 Å². The molecule has 1 atom stereocenters. The number of nitrogens with one attached hydrogen (secondary N) is 1. The highest BCUT2D eigenvalue weighted by atomic mass is 32.1. The number of thiocarbonyl (C=S) groups is 1. The summed E-state index contributed by atoms with van der Waals surface area (Å²) in [5, 5.41) is 21.2. The minimum Gasteiger partial charge on any atom is -0.504 e. The van der Waals surface area contributed by atoms with Gasteiger partial charge in [0.05, 0.1) is 4.99 Å². The molecular formula is C12H16N2O3S. The van der Waals surface area contributed by atoms with Gasteiger partial charge in [0.15, 0.2) is 11.5 Å². The van der Waals surface area contributed by atoms with E-state index in [1.165, 1.54) is 18.2 Å². The second kappa shape index (κ2) is 6.20. The minimum absolute atomic E-state index is 0.133. The maximum Gasteiger partial charge on any atom is 0.251 e. The number of hydrogen-bond acceptors (Lipinski definition) is 4. The van der Waals surface area contributed by atoms with Gasteiger partial charge in [0.25, 0.3) is 5.91 Å². The smallest absolute Gasteiger partial charge is 0.251 e.